The van der Waals surface area contributed by atoms with Gasteiger partial charge in [-0.1, -0.05) is 37.6 Å². The summed E-state index contributed by atoms with van der Waals surface area (Å²) in [6.07, 6.45) is 3.56. The number of hydrogen-bond donors (Lipinski definition) is 1. The Morgan fingerprint density at radius 1 is 1.03 bits per heavy atom. The van der Waals surface area contributed by atoms with Crippen LogP contribution in [0.4, 0.5) is 5.69 Å². The number of nitrogens with one attached hydrogen (secondary N) is 1. The highest BCUT2D eigenvalue weighted by Gasteiger charge is 2.23. The average Bonchev–Trinajstić information content (AvgIpc) is 2.68. The summed E-state index contributed by atoms with van der Waals surface area (Å²) in [5, 5.41) is 2.78. The minimum Gasteiger partial charge on any atom is -0.492 e. The number of unbranched alkanes of at least 4 members (excludes halogenated alkanes) is 1. The summed E-state index contributed by atoms with van der Waals surface area (Å²) < 4.78 is 31.8. The Morgan fingerprint density at radius 2 is 1.69 bits per heavy atom. The fourth-order valence-corrected chi connectivity index (χ4v) is 3.90. The van der Waals surface area contributed by atoms with E-state index in [4.69, 9.17) is 4.74 Å². The quantitative estimate of drug-likeness (QED) is 0.636. The average molecular weight is 419 g/mol. The maximum absolute atomic E-state index is 12.6. The van der Waals surface area contributed by atoms with Crippen LogP contribution in [-0.4, -0.2) is 39.3 Å². The summed E-state index contributed by atoms with van der Waals surface area (Å²) in [6, 6.07) is 12.7. The number of carbonyl (C=O) groups is 1. The maximum Gasteiger partial charge on any atom is 0.246 e. The normalized spacial score (nSPS) is 11.5. The molecule has 0 radical (unpaired) electrons. The van der Waals surface area contributed by atoms with E-state index in [0.717, 1.165) is 29.1 Å². The molecular formula is C22H30N2O4S. The predicted octanol–water partition coefficient (Wildman–Crippen LogP) is 3.86. The highest BCUT2D eigenvalue weighted by atomic mass is 32.2. The largest absolute Gasteiger partial charge is 0.492 e. The standard InChI is InChI=1S/C22H30N2O4S/c1-5-7-8-17-9-11-18(12-10-17)15-22(25)23-19-13-14-20(28-6-2)21(16-19)29(26,27)24(3)4/h9-14,16H,5-8,15H2,1-4H3,(H,23,25). The number of hydrogen-bond acceptors (Lipinski definition) is 4. The molecule has 0 aliphatic carbocycles. The molecule has 158 valence electrons. The number of nitrogens with zero attached hydrogens (tertiary/aromatic N) is 1. The van der Waals surface area contributed by atoms with E-state index in [1.807, 2.05) is 12.1 Å². The molecule has 0 bridgehead atoms. The van der Waals surface area contributed by atoms with Gasteiger partial charge in [-0.3, -0.25) is 4.79 Å². The number of sulfonamides is 1. The van der Waals surface area contributed by atoms with Crippen LogP contribution in [0, 0.1) is 0 Å². The molecule has 1 amide bonds. The number of aryl methyl sites for hydroxylation is 1. The smallest absolute Gasteiger partial charge is 0.246 e. The first-order valence-corrected chi connectivity index (χ1v) is 11.3. The Bertz CT molecular complexity index is 922. The molecule has 29 heavy (non-hydrogen) atoms. The molecule has 0 unspecified atom stereocenters. The first-order valence-electron chi connectivity index (χ1n) is 9.85. The van der Waals surface area contributed by atoms with Crippen LogP contribution in [0.15, 0.2) is 47.4 Å². The first kappa shape index (κ1) is 22.9. The molecule has 0 saturated heterocycles. The van der Waals surface area contributed by atoms with E-state index in [1.54, 1.807) is 19.1 Å². The lowest BCUT2D eigenvalue weighted by molar-refractivity contribution is -0.115. The number of rotatable bonds is 10. The molecule has 7 heteroatoms. The molecule has 0 heterocycles. The number of ether oxygens (including phenoxy) is 1. The monoisotopic (exact) mass is 418 g/mol. The molecule has 0 saturated carbocycles. The molecule has 0 aliphatic rings. The zero-order chi connectivity index (χ0) is 21.4. The molecule has 2 rings (SSSR count). The summed E-state index contributed by atoms with van der Waals surface area (Å²) in [6.45, 7) is 4.29. The van der Waals surface area contributed by atoms with Gasteiger partial charge in [0.1, 0.15) is 10.6 Å². The Balaban J connectivity index is 2.13. The van der Waals surface area contributed by atoms with Crippen LogP contribution in [0.1, 0.15) is 37.8 Å². The number of anilines is 1. The SMILES string of the molecule is CCCCc1ccc(CC(=O)Nc2ccc(OCC)c(S(=O)(=O)N(C)C)c2)cc1. The predicted molar refractivity (Wildman–Crippen MR) is 116 cm³/mol. The summed E-state index contributed by atoms with van der Waals surface area (Å²) in [5.41, 5.74) is 2.59. The fraction of sp³-hybridized carbons (Fsp3) is 0.409. The van der Waals surface area contributed by atoms with Crippen LogP contribution in [0.5, 0.6) is 5.75 Å². The van der Waals surface area contributed by atoms with Gasteiger partial charge in [0.2, 0.25) is 15.9 Å². The van der Waals surface area contributed by atoms with Gasteiger partial charge >= 0.3 is 0 Å². The highest BCUT2D eigenvalue weighted by Crippen LogP contribution is 2.29. The number of benzene rings is 2. The second-order valence-corrected chi connectivity index (χ2v) is 9.15. The van der Waals surface area contributed by atoms with Crippen molar-refractivity contribution in [1.29, 1.82) is 0 Å². The Hall–Kier alpha value is -2.38. The van der Waals surface area contributed by atoms with Gasteiger partial charge in [0.25, 0.3) is 0 Å². The molecule has 2 aromatic carbocycles. The van der Waals surface area contributed by atoms with Crippen LogP contribution in [0.2, 0.25) is 0 Å². The lowest BCUT2D eigenvalue weighted by Gasteiger charge is -2.16. The van der Waals surface area contributed by atoms with Crippen LogP contribution in [0.3, 0.4) is 0 Å². The van der Waals surface area contributed by atoms with Gasteiger partial charge in [-0.05, 0) is 49.1 Å². The van der Waals surface area contributed by atoms with Crippen molar-refractivity contribution < 1.29 is 17.9 Å². The van der Waals surface area contributed by atoms with Crippen LogP contribution >= 0.6 is 0 Å². The van der Waals surface area contributed by atoms with E-state index in [1.165, 1.54) is 25.7 Å². The van der Waals surface area contributed by atoms with Crippen LogP contribution in [0.25, 0.3) is 0 Å². The highest BCUT2D eigenvalue weighted by molar-refractivity contribution is 7.89. The molecule has 6 nitrogen and oxygen atoms in total. The van der Waals surface area contributed by atoms with Crippen molar-refractivity contribution >= 4 is 21.6 Å². The Kier molecular flexibility index (Phi) is 8.22. The Labute approximate surface area is 173 Å². The summed E-state index contributed by atoms with van der Waals surface area (Å²) in [5.74, 6) is 0.0607. The second kappa shape index (κ2) is 10.4. The van der Waals surface area contributed by atoms with E-state index in [2.05, 4.69) is 24.4 Å². The maximum atomic E-state index is 12.6. The van der Waals surface area contributed by atoms with Crippen molar-refractivity contribution in [1.82, 2.24) is 4.31 Å². The van der Waals surface area contributed by atoms with Crippen molar-refractivity contribution in [3.8, 4) is 5.75 Å². The van der Waals surface area contributed by atoms with Gasteiger partial charge in [-0.25, -0.2) is 12.7 Å². The van der Waals surface area contributed by atoms with E-state index in [0.29, 0.717) is 12.3 Å². The van der Waals surface area contributed by atoms with Gasteiger partial charge < -0.3 is 10.1 Å². The molecule has 2 aromatic rings. The van der Waals surface area contributed by atoms with E-state index >= 15 is 0 Å². The lowest BCUT2D eigenvalue weighted by atomic mass is 10.0. The molecule has 0 aromatic heterocycles. The van der Waals surface area contributed by atoms with Crippen molar-refractivity contribution in [2.24, 2.45) is 0 Å². The summed E-state index contributed by atoms with van der Waals surface area (Å²) in [7, 11) is -0.785. The topological polar surface area (TPSA) is 75.7 Å². The van der Waals surface area contributed by atoms with Gasteiger partial charge in [0, 0.05) is 19.8 Å². The fourth-order valence-electron chi connectivity index (χ4n) is 2.85. The van der Waals surface area contributed by atoms with E-state index in [9.17, 15) is 13.2 Å². The number of carbonyl (C=O) groups excluding carboxylic acids is 1. The Morgan fingerprint density at radius 3 is 2.28 bits per heavy atom. The number of amides is 1. The zero-order valence-electron chi connectivity index (χ0n) is 17.6. The molecule has 0 atom stereocenters. The van der Waals surface area contributed by atoms with Crippen LogP contribution < -0.4 is 10.1 Å². The third-order valence-corrected chi connectivity index (χ3v) is 6.33. The third kappa shape index (κ3) is 6.30. The van der Waals surface area contributed by atoms with Crippen molar-refractivity contribution in [3.05, 3.63) is 53.6 Å². The van der Waals surface area contributed by atoms with Gasteiger partial charge in [-0.2, -0.15) is 0 Å². The van der Waals surface area contributed by atoms with E-state index < -0.39 is 10.0 Å². The van der Waals surface area contributed by atoms with Gasteiger partial charge in [-0.15, -0.1) is 0 Å². The molecule has 0 aliphatic heterocycles. The minimum atomic E-state index is -3.70. The third-order valence-electron chi connectivity index (χ3n) is 4.49. The molecular weight excluding hydrogens is 388 g/mol. The van der Waals surface area contributed by atoms with Gasteiger partial charge in [0.05, 0.1) is 13.0 Å². The van der Waals surface area contributed by atoms with Crippen molar-refractivity contribution in [2.45, 2.75) is 44.4 Å². The van der Waals surface area contributed by atoms with Gasteiger partial charge in [0.15, 0.2) is 0 Å². The van der Waals surface area contributed by atoms with E-state index in [-0.39, 0.29) is 23.0 Å². The molecule has 0 fully saturated rings. The summed E-state index contributed by atoms with van der Waals surface area (Å²) >= 11 is 0. The second-order valence-electron chi connectivity index (χ2n) is 7.03. The van der Waals surface area contributed by atoms with Crippen molar-refractivity contribution in [2.75, 3.05) is 26.0 Å². The molecule has 0 spiro atoms. The minimum absolute atomic E-state index is 0.0300. The van der Waals surface area contributed by atoms with Crippen LogP contribution in [-0.2, 0) is 27.7 Å². The van der Waals surface area contributed by atoms with Crippen molar-refractivity contribution in [3.63, 3.8) is 0 Å². The molecule has 1 N–H and O–H groups in total. The summed E-state index contributed by atoms with van der Waals surface area (Å²) in [4.78, 5) is 12.5. The lowest BCUT2D eigenvalue weighted by Crippen LogP contribution is -2.23. The first-order chi connectivity index (χ1) is 13.8. The zero-order valence-corrected chi connectivity index (χ0v) is 18.4.